The number of imidazole rings is 1. The fourth-order valence-electron chi connectivity index (χ4n) is 2.21. The number of aromatic nitrogens is 2. The van der Waals surface area contributed by atoms with E-state index < -0.39 is 0 Å². The van der Waals surface area contributed by atoms with Crippen molar-refractivity contribution in [3.63, 3.8) is 0 Å². The Balaban J connectivity index is 2.37. The lowest BCUT2D eigenvalue weighted by molar-refractivity contribution is 0.234. The van der Waals surface area contributed by atoms with Gasteiger partial charge in [-0.1, -0.05) is 13.8 Å². The summed E-state index contributed by atoms with van der Waals surface area (Å²) in [4.78, 5) is 18.7. The van der Waals surface area contributed by atoms with Crippen LogP contribution in [0.4, 0.5) is 5.69 Å². The highest BCUT2D eigenvalue weighted by Gasteiger charge is 2.18. The zero-order chi connectivity index (χ0) is 13.3. The van der Waals surface area contributed by atoms with Crippen LogP contribution in [0, 0.1) is 5.92 Å². The van der Waals surface area contributed by atoms with Crippen LogP contribution in [-0.2, 0) is 0 Å². The number of benzene rings is 1. The second-order valence-corrected chi connectivity index (χ2v) is 4.91. The fraction of sp³-hybridized carbons (Fsp3) is 0.462. The lowest BCUT2D eigenvalue weighted by Gasteiger charge is -2.31. The second kappa shape index (κ2) is 4.86. The van der Waals surface area contributed by atoms with Gasteiger partial charge in [0.2, 0.25) is 0 Å². The van der Waals surface area contributed by atoms with Crippen LogP contribution in [0.2, 0.25) is 0 Å². The van der Waals surface area contributed by atoms with Gasteiger partial charge in [-0.25, -0.2) is 4.79 Å². The molecule has 0 radical (unpaired) electrons. The van der Waals surface area contributed by atoms with Crippen molar-refractivity contribution in [1.82, 2.24) is 9.97 Å². The van der Waals surface area contributed by atoms with Crippen LogP contribution < -0.4 is 10.6 Å². The lowest BCUT2D eigenvalue weighted by Crippen LogP contribution is -2.38. The Kier molecular flexibility index (Phi) is 3.43. The van der Waals surface area contributed by atoms with Gasteiger partial charge >= 0.3 is 5.69 Å². The molecule has 0 spiro atoms. The fourth-order valence-corrected chi connectivity index (χ4v) is 2.21. The van der Waals surface area contributed by atoms with Crippen LogP contribution in [0.3, 0.4) is 0 Å². The molecule has 0 saturated heterocycles. The first kappa shape index (κ1) is 12.7. The Bertz CT molecular complexity index is 585. The molecule has 5 nitrogen and oxygen atoms in total. The molecule has 0 bridgehead atoms. The van der Waals surface area contributed by atoms with Crippen LogP contribution in [0.25, 0.3) is 11.0 Å². The normalized spacial score (nSPS) is 13.2. The minimum Gasteiger partial charge on any atom is -0.394 e. The van der Waals surface area contributed by atoms with Gasteiger partial charge in [-0.3, -0.25) is 0 Å². The van der Waals surface area contributed by atoms with Crippen molar-refractivity contribution in [1.29, 1.82) is 0 Å². The first-order valence-corrected chi connectivity index (χ1v) is 6.08. The van der Waals surface area contributed by atoms with Crippen molar-refractivity contribution in [3.05, 3.63) is 28.7 Å². The van der Waals surface area contributed by atoms with E-state index in [-0.39, 0.29) is 18.3 Å². The number of aliphatic hydroxyl groups is 1. The van der Waals surface area contributed by atoms with E-state index in [0.717, 1.165) is 16.7 Å². The number of rotatable bonds is 4. The van der Waals surface area contributed by atoms with Crippen LogP contribution in [0.15, 0.2) is 23.0 Å². The largest absolute Gasteiger partial charge is 0.394 e. The van der Waals surface area contributed by atoms with Gasteiger partial charge < -0.3 is 20.0 Å². The van der Waals surface area contributed by atoms with Crippen molar-refractivity contribution in [2.24, 2.45) is 5.92 Å². The van der Waals surface area contributed by atoms with Gasteiger partial charge in [-0.05, 0) is 24.1 Å². The SMILES string of the molecule is CC(C)C(CO)N(C)c1ccc2[nH]c(=O)[nH]c2c1. The molecule has 0 aliphatic carbocycles. The summed E-state index contributed by atoms with van der Waals surface area (Å²) >= 11 is 0. The summed E-state index contributed by atoms with van der Waals surface area (Å²) < 4.78 is 0. The molecule has 2 aromatic rings. The summed E-state index contributed by atoms with van der Waals surface area (Å²) in [6, 6.07) is 5.79. The minimum absolute atomic E-state index is 0.0631. The zero-order valence-electron chi connectivity index (χ0n) is 10.9. The van der Waals surface area contributed by atoms with E-state index in [9.17, 15) is 9.90 Å². The molecule has 18 heavy (non-hydrogen) atoms. The Morgan fingerprint density at radius 3 is 2.56 bits per heavy atom. The predicted octanol–water partition coefficient (Wildman–Crippen LogP) is 1.31. The van der Waals surface area contributed by atoms with E-state index in [0.29, 0.717) is 5.92 Å². The number of hydrogen-bond acceptors (Lipinski definition) is 3. The average molecular weight is 249 g/mol. The molecule has 1 aromatic carbocycles. The van der Waals surface area contributed by atoms with Crippen molar-refractivity contribution >= 4 is 16.7 Å². The third kappa shape index (κ3) is 2.26. The monoisotopic (exact) mass is 249 g/mol. The molecule has 5 heteroatoms. The van der Waals surface area contributed by atoms with Crippen molar-refractivity contribution in [2.45, 2.75) is 19.9 Å². The number of anilines is 1. The lowest BCUT2D eigenvalue weighted by atomic mass is 10.0. The highest BCUT2D eigenvalue weighted by atomic mass is 16.3. The highest BCUT2D eigenvalue weighted by Crippen LogP contribution is 2.22. The maximum Gasteiger partial charge on any atom is 0.323 e. The van der Waals surface area contributed by atoms with Gasteiger partial charge in [0.15, 0.2) is 0 Å². The second-order valence-electron chi connectivity index (χ2n) is 4.91. The van der Waals surface area contributed by atoms with Crippen molar-refractivity contribution in [3.8, 4) is 0 Å². The van der Waals surface area contributed by atoms with Crippen LogP contribution in [0.5, 0.6) is 0 Å². The van der Waals surface area contributed by atoms with E-state index >= 15 is 0 Å². The van der Waals surface area contributed by atoms with Gasteiger partial charge in [-0.2, -0.15) is 0 Å². The molecule has 1 aromatic heterocycles. The molecule has 98 valence electrons. The van der Waals surface area contributed by atoms with Crippen LogP contribution in [-0.4, -0.2) is 34.8 Å². The molecular formula is C13H19N3O2. The molecule has 1 atom stereocenters. The topological polar surface area (TPSA) is 72.1 Å². The van der Waals surface area contributed by atoms with Gasteiger partial charge in [0.1, 0.15) is 0 Å². The number of aromatic amines is 2. The summed E-state index contributed by atoms with van der Waals surface area (Å²) in [5, 5.41) is 9.44. The molecule has 1 unspecified atom stereocenters. The molecule has 0 amide bonds. The molecule has 0 fully saturated rings. The molecule has 1 heterocycles. The summed E-state index contributed by atoms with van der Waals surface area (Å²) in [7, 11) is 1.95. The van der Waals surface area contributed by atoms with Crippen LogP contribution >= 0.6 is 0 Å². The summed E-state index contributed by atoms with van der Waals surface area (Å²) in [5.41, 5.74) is 2.35. The van der Waals surface area contributed by atoms with E-state index in [4.69, 9.17) is 0 Å². The molecule has 2 rings (SSSR count). The molecule has 0 saturated carbocycles. The maximum atomic E-state index is 11.2. The number of fused-ring (bicyclic) bond motifs is 1. The zero-order valence-corrected chi connectivity index (χ0v) is 10.9. The van der Waals surface area contributed by atoms with E-state index in [1.54, 1.807) is 0 Å². The molecule has 3 N–H and O–H groups in total. The highest BCUT2D eigenvalue weighted by molar-refractivity contribution is 5.79. The Labute approximate surface area is 105 Å². The minimum atomic E-state index is -0.202. The number of likely N-dealkylation sites (N-methyl/N-ethyl adjacent to an activating group) is 1. The Morgan fingerprint density at radius 2 is 1.94 bits per heavy atom. The average Bonchev–Trinajstić information content (AvgIpc) is 2.68. The van der Waals surface area contributed by atoms with Gasteiger partial charge in [0.05, 0.1) is 23.7 Å². The smallest absolute Gasteiger partial charge is 0.323 e. The molecular weight excluding hydrogens is 230 g/mol. The quantitative estimate of drug-likeness (QED) is 0.765. The van der Waals surface area contributed by atoms with Crippen LogP contribution in [0.1, 0.15) is 13.8 Å². The number of hydrogen-bond donors (Lipinski definition) is 3. The van der Waals surface area contributed by atoms with Gasteiger partial charge in [0, 0.05) is 12.7 Å². The van der Waals surface area contributed by atoms with Crippen molar-refractivity contribution < 1.29 is 5.11 Å². The number of aliphatic hydroxyl groups excluding tert-OH is 1. The van der Waals surface area contributed by atoms with Crippen molar-refractivity contribution in [2.75, 3.05) is 18.6 Å². The molecule has 0 aliphatic heterocycles. The first-order valence-electron chi connectivity index (χ1n) is 6.08. The number of nitrogens with zero attached hydrogens (tertiary/aromatic N) is 1. The van der Waals surface area contributed by atoms with E-state index in [1.807, 2.05) is 30.1 Å². The number of nitrogens with one attached hydrogen (secondary N) is 2. The molecule has 0 aliphatic rings. The van der Waals surface area contributed by atoms with E-state index in [2.05, 4.69) is 23.8 Å². The predicted molar refractivity (Wildman–Crippen MR) is 73.0 cm³/mol. The van der Waals surface area contributed by atoms with Gasteiger partial charge in [-0.15, -0.1) is 0 Å². The Morgan fingerprint density at radius 1 is 1.28 bits per heavy atom. The van der Waals surface area contributed by atoms with Gasteiger partial charge in [0.25, 0.3) is 0 Å². The maximum absolute atomic E-state index is 11.2. The summed E-state index contributed by atoms with van der Waals surface area (Å²) in [6.45, 7) is 4.26. The Hall–Kier alpha value is -1.75. The standard InChI is InChI=1S/C13H19N3O2/c1-8(2)12(7-17)16(3)9-4-5-10-11(6-9)15-13(18)14-10/h4-6,8,12,17H,7H2,1-3H3,(H2,14,15,18). The number of H-pyrrole nitrogens is 2. The summed E-state index contributed by atoms with van der Waals surface area (Å²) in [6.07, 6.45) is 0. The summed E-state index contributed by atoms with van der Waals surface area (Å²) in [5.74, 6) is 0.348. The van der Waals surface area contributed by atoms with E-state index in [1.165, 1.54) is 0 Å². The third-order valence-electron chi connectivity index (χ3n) is 3.36. The third-order valence-corrected chi connectivity index (χ3v) is 3.36. The first-order chi connectivity index (χ1) is 8.52.